The molecule has 0 bridgehead atoms. The maximum absolute atomic E-state index is 11.3. The summed E-state index contributed by atoms with van der Waals surface area (Å²) >= 11 is 0. The second-order valence-electron chi connectivity index (χ2n) is 7.07. The van der Waals surface area contributed by atoms with E-state index in [4.69, 9.17) is 10.5 Å². The van der Waals surface area contributed by atoms with Crippen LogP contribution in [0.5, 0.6) is 5.75 Å². The molecule has 1 aliphatic rings. The normalized spacial score (nSPS) is 16.9. The first kappa shape index (κ1) is 18.0. The zero-order valence-corrected chi connectivity index (χ0v) is 16.0. The minimum absolute atomic E-state index is 0.0239. The number of H-pyrrole nitrogens is 1. The Morgan fingerprint density at radius 1 is 1.33 bits per heavy atom. The maximum atomic E-state index is 11.3. The summed E-state index contributed by atoms with van der Waals surface area (Å²) < 4.78 is 29.0. The van der Waals surface area contributed by atoms with Crippen LogP contribution in [0.15, 0.2) is 24.5 Å². The molecule has 0 atom stereocenters. The number of aromatic amines is 1. The van der Waals surface area contributed by atoms with Gasteiger partial charge >= 0.3 is 0 Å². The summed E-state index contributed by atoms with van der Waals surface area (Å²) in [5.41, 5.74) is 7.75. The third kappa shape index (κ3) is 3.84. The molecule has 0 radical (unpaired) electrons. The van der Waals surface area contributed by atoms with Gasteiger partial charge in [-0.15, -0.1) is 0 Å². The summed E-state index contributed by atoms with van der Waals surface area (Å²) in [5, 5.41) is 1.87. The number of nitrogens with two attached hydrogens (primary N) is 1. The van der Waals surface area contributed by atoms with Gasteiger partial charge in [0.05, 0.1) is 22.9 Å². The van der Waals surface area contributed by atoms with Gasteiger partial charge in [0.2, 0.25) is 0 Å². The molecule has 0 amide bonds. The van der Waals surface area contributed by atoms with Crippen molar-refractivity contribution in [2.75, 3.05) is 37.4 Å². The van der Waals surface area contributed by atoms with Crippen molar-refractivity contribution in [1.82, 2.24) is 19.9 Å². The summed E-state index contributed by atoms with van der Waals surface area (Å²) in [7, 11) is -2.94. The minimum atomic E-state index is -2.94. The predicted molar refractivity (Wildman–Crippen MR) is 106 cm³/mol. The standard InChI is InChI=1S/C18H23N5O3S/c1-27(24,25)10-9-23-7-4-12(5-8-23)26-16-15-13-3-2-6-20-18(13)22-14(15)11-21-17(16)19/h2-3,6,11-12H,4-5,7-10H2,1H3,(H2,19,21)(H,20,22). The number of anilines is 1. The van der Waals surface area contributed by atoms with Gasteiger partial charge in [0.1, 0.15) is 21.6 Å². The number of nitrogens with zero attached hydrogens (tertiary/aromatic N) is 3. The average molecular weight is 389 g/mol. The number of piperidine rings is 1. The summed E-state index contributed by atoms with van der Waals surface area (Å²) in [6.07, 6.45) is 6.38. The fourth-order valence-electron chi connectivity index (χ4n) is 3.54. The van der Waals surface area contributed by atoms with Crippen LogP contribution in [0.3, 0.4) is 0 Å². The van der Waals surface area contributed by atoms with Gasteiger partial charge in [-0.1, -0.05) is 0 Å². The average Bonchev–Trinajstić information content (AvgIpc) is 3.02. The fourth-order valence-corrected chi connectivity index (χ4v) is 4.13. The van der Waals surface area contributed by atoms with Crippen molar-refractivity contribution in [3.8, 4) is 5.75 Å². The van der Waals surface area contributed by atoms with E-state index in [-0.39, 0.29) is 11.9 Å². The molecule has 8 nitrogen and oxygen atoms in total. The highest BCUT2D eigenvalue weighted by Crippen LogP contribution is 2.36. The van der Waals surface area contributed by atoms with Crippen molar-refractivity contribution in [3.05, 3.63) is 24.5 Å². The Bertz CT molecular complexity index is 1070. The zero-order chi connectivity index (χ0) is 19.0. The third-order valence-electron chi connectivity index (χ3n) is 4.99. The maximum Gasteiger partial charge on any atom is 0.171 e. The summed E-state index contributed by atoms with van der Waals surface area (Å²) in [6.45, 7) is 2.18. The van der Waals surface area contributed by atoms with Gasteiger partial charge in [0.15, 0.2) is 11.6 Å². The summed E-state index contributed by atoms with van der Waals surface area (Å²) in [4.78, 5) is 14.0. The molecular weight excluding hydrogens is 366 g/mol. The molecule has 1 aliphatic heterocycles. The topological polar surface area (TPSA) is 114 Å². The Hall–Kier alpha value is -2.39. The van der Waals surface area contributed by atoms with E-state index < -0.39 is 9.84 Å². The molecule has 27 heavy (non-hydrogen) atoms. The first-order chi connectivity index (χ1) is 12.9. The van der Waals surface area contributed by atoms with Crippen LogP contribution in [0, 0.1) is 0 Å². The molecule has 1 fully saturated rings. The molecule has 0 spiro atoms. The van der Waals surface area contributed by atoms with Crippen LogP contribution in [0.4, 0.5) is 5.82 Å². The number of hydrogen-bond acceptors (Lipinski definition) is 7. The number of likely N-dealkylation sites (tertiary alicyclic amines) is 1. The van der Waals surface area contributed by atoms with Gasteiger partial charge in [0.25, 0.3) is 0 Å². The van der Waals surface area contributed by atoms with E-state index in [1.807, 2.05) is 12.1 Å². The minimum Gasteiger partial charge on any atom is -0.486 e. The Morgan fingerprint density at radius 2 is 2.11 bits per heavy atom. The number of sulfone groups is 1. The quantitative estimate of drug-likeness (QED) is 0.681. The highest BCUT2D eigenvalue weighted by atomic mass is 32.2. The van der Waals surface area contributed by atoms with Crippen LogP contribution in [-0.2, 0) is 9.84 Å². The van der Waals surface area contributed by atoms with Crippen molar-refractivity contribution in [3.63, 3.8) is 0 Å². The molecule has 3 N–H and O–H groups in total. The number of ether oxygens (including phenoxy) is 1. The molecule has 4 rings (SSSR count). The molecule has 0 aliphatic carbocycles. The zero-order valence-electron chi connectivity index (χ0n) is 15.2. The lowest BCUT2D eigenvalue weighted by molar-refractivity contribution is 0.106. The van der Waals surface area contributed by atoms with Crippen LogP contribution in [0.2, 0.25) is 0 Å². The van der Waals surface area contributed by atoms with Crippen molar-refractivity contribution in [1.29, 1.82) is 0 Å². The van der Waals surface area contributed by atoms with E-state index in [1.54, 1.807) is 12.4 Å². The number of rotatable bonds is 5. The van der Waals surface area contributed by atoms with Crippen molar-refractivity contribution < 1.29 is 13.2 Å². The highest BCUT2D eigenvalue weighted by Gasteiger charge is 2.24. The van der Waals surface area contributed by atoms with Crippen LogP contribution in [0.25, 0.3) is 21.9 Å². The third-order valence-corrected chi connectivity index (χ3v) is 5.91. The lowest BCUT2D eigenvalue weighted by Gasteiger charge is -2.32. The fraction of sp³-hybridized carbons (Fsp3) is 0.444. The molecule has 0 unspecified atom stereocenters. The number of hydrogen-bond donors (Lipinski definition) is 2. The molecule has 4 heterocycles. The second-order valence-corrected chi connectivity index (χ2v) is 9.33. The second kappa shape index (κ2) is 6.97. The van der Waals surface area contributed by atoms with E-state index in [1.165, 1.54) is 6.26 Å². The number of nitrogen functional groups attached to an aromatic ring is 1. The smallest absolute Gasteiger partial charge is 0.171 e. The van der Waals surface area contributed by atoms with Crippen LogP contribution in [0.1, 0.15) is 12.8 Å². The number of pyridine rings is 2. The highest BCUT2D eigenvalue weighted by molar-refractivity contribution is 7.90. The van der Waals surface area contributed by atoms with E-state index in [2.05, 4.69) is 19.9 Å². The van der Waals surface area contributed by atoms with Crippen molar-refractivity contribution in [2.45, 2.75) is 18.9 Å². The Morgan fingerprint density at radius 3 is 2.85 bits per heavy atom. The lowest BCUT2D eigenvalue weighted by atomic mass is 10.1. The Labute approximate surface area is 157 Å². The largest absolute Gasteiger partial charge is 0.486 e. The lowest BCUT2D eigenvalue weighted by Crippen LogP contribution is -2.40. The van der Waals surface area contributed by atoms with Gasteiger partial charge < -0.3 is 20.4 Å². The summed E-state index contributed by atoms with van der Waals surface area (Å²) in [5.74, 6) is 1.16. The van der Waals surface area contributed by atoms with Gasteiger partial charge in [-0.3, -0.25) is 0 Å². The van der Waals surface area contributed by atoms with Gasteiger partial charge in [0, 0.05) is 37.5 Å². The first-order valence-corrected chi connectivity index (χ1v) is 11.0. The molecule has 1 saturated heterocycles. The Balaban J connectivity index is 1.52. The molecule has 0 aromatic carbocycles. The van der Waals surface area contributed by atoms with E-state index in [0.717, 1.165) is 47.9 Å². The molecule has 9 heteroatoms. The predicted octanol–water partition coefficient (Wildman–Crippen LogP) is 1.58. The number of nitrogens with one attached hydrogen (secondary N) is 1. The van der Waals surface area contributed by atoms with Crippen LogP contribution in [-0.4, -0.2) is 66.0 Å². The van der Waals surface area contributed by atoms with E-state index in [9.17, 15) is 8.42 Å². The van der Waals surface area contributed by atoms with Crippen LogP contribution < -0.4 is 10.5 Å². The van der Waals surface area contributed by atoms with E-state index in [0.29, 0.717) is 18.1 Å². The number of aromatic nitrogens is 3. The number of fused-ring (bicyclic) bond motifs is 3. The monoisotopic (exact) mass is 389 g/mol. The van der Waals surface area contributed by atoms with Crippen LogP contribution >= 0.6 is 0 Å². The summed E-state index contributed by atoms with van der Waals surface area (Å²) in [6, 6.07) is 3.87. The Kier molecular flexibility index (Phi) is 4.65. The van der Waals surface area contributed by atoms with E-state index >= 15 is 0 Å². The van der Waals surface area contributed by atoms with Crippen molar-refractivity contribution >= 4 is 37.6 Å². The van der Waals surface area contributed by atoms with Crippen molar-refractivity contribution in [2.24, 2.45) is 0 Å². The van der Waals surface area contributed by atoms with Gasteiger partial charge in [-0.2, -0.15) is 0 Å². The molecule has 3 aromatic rings. The molecule has 3 aromatic heterocycles. The van der Waals surface area contributed by atoms with Gasteiger partial charge in [-0.25, -0.2) is 18.4 Å². The SMILES string of the molecule is CS(=O)(=O)CCN1CCC(Oc2c(N)ncc3[nH]c4ncccc4c23)CC1. The first-order valence-electron chi connectivity index (χ1n) is 8.98. The molecule has 144 valence electrons. The molecule has 0 saturated carbocycles. The van der Waals surface area contributed by atoms with Gasteiger partial charge in [-0.05, 0) is 25.0 Å². The molecular formula is C18H23N5O3S.